The zero-order valence-electron chi connectivity index (χ0n) is 11.3. The van der Waals surface area contributed by atoms with Gasteiger partial charge in [-0.1, -0.05) is 11.6 Å². The molecule has 7 heteroatoms. The number of benzene rings is 1. The Kier molecular flexibility index (Phi) is 5.01. The minimum absolute atomic E-state index is 0.183. The highest BCUT2D eigenvalue weighted by Gasteiger charge is 2.27. The van der Waals surface area contributed by atoms with Gasteiger partial charge in [0.25, 0.3) is 0 Å². The van der Waals surface area contributed by atoms with E-state index >= 15 is 0 Å². The quantitative estimate of drug-likeness (QED) is 0.924. The Morgan fingerprint density at radius 2 is 2.05 bits per heavy atom. The third-order valence-corrected chi connectivity index (χ3v) is 5.65. The minimum Gasteiger partial charge on any atom is -0.317 e. The van der Waals surface area contributed by atoms with Crippen LogP contribution in [0.3, 0.4) is 0 Å². The van der Waals surface area contributed by atoms with E-state index in [4.69, 9.17) is 11.6 Å². The molecule has 1 aromatic carbocycles. The molecule has 1 aromatic rings. The molecule has 2 rings (SSSR count). The van der Waals surface area contributed by atoms with Crippen molar-refractivity contribution in [3.8, 4) is 0 Å². The molecule has 0 aliphatic carbocycles. The fourth-order valence-corrected chi connectivity index (χ4v) is 3.83. The van der Waals surface area contributed by atoms with E-state index in [-0.39, 0.29) is 9.92 Å². The van der Waals surface area contributed by atoms with E-state index in [0.29, 0.717) is 12.5 Å². The summed E-state index contributed by atoms with van der Waals surface area (Å²) >= 11 is 5.65. The number of hydrogen-bond donors (Lipinski definition) is 1. The first kappa shape index (κ1) is 15.7. The standard InChI is InChI=1S/C13H18ClFN2O2S/c1-17(9-10-4-6-16-7-5-10)20(18,19)13-3-2-11(14)8-12(13)15/h2-3,8,10,16H,4-7,9H2,1H3. The average Bonchev–Trinajstić information content (AvgIpc) is 2.39. The first-order valence-corrected chi connectivity index (χ1v) is 8.35. The number of sulfonamides is 1. The van der Waals surface area contributed by atoms with Gasteiger partial charge in [0.05, 0.1) is 0 Å². The van der Waals surface area contributed by atoms with Crippen molar-refractivity contribution in [2.45, 2.75) is 17.7 Å². The normalized spacial score (nSPS) is 17.6. The van der Waals surface area contributed by atoms with Gasteiger partial charge >= 0.3 is 0 Å². The SMILES string of the molecule is CN(CC1CCNCC1)S(=O)(=O)c1ccc(Cl)cc1F. The largest absolute Gasteiger partial charge is 0.317 e. The van der Waals surface area contributed by atoms with Gasteiger partial charge in [-0.15, -0.1) is 0 Å². The van der Waals surface area contributed by atoms with E-state index in [1.807, 2.05) is 0 Å². The van der Waals surface area contributed by atoms with Gasteiger partial charge in [-0.25, -0.2) is 17.1 Å². The molecule has 0 bridgehead atoms. The van der Waals surface area contributed by atoms with Crippen LogP contribution in [0.25, 0.3) is 0 Å². The molecule has 1 heterocycles. The van der Waals surface area contributed by atoms with Crippen molar-refractivity contribution in [3.05, 3.63) is 29.0 Å². The van der Waals surface area contributed by atoms with Crippen molar-refractivity contribution in [1.29, 1.82) is 0 Å². The van der Waals surface area contributed by atoms with Crippen molar-refractivity contribution >= 4 is 21.6 Å². The lowest BCUT2D eigenvalue weighted by molar-refractivity contribution is 0.310. The zero-order valence-corrected chi connectivity index (χ0v) is 12.8. The number of halogens is 2. The Morgan fingerprint density at radius 3 is 2.65 bits per heavy atom. The Hall–Kier alpha value is -0.690. The summed E-state index contributed by atoms with van der Waals surface area (Å²) in [4.78, 5) is -0.321. The number of rotatable bonds is 4. The zero-order chi connectivity index (χ0) is 14.8. The van der Waals surface area contributed by atoms with Crippen LogP contribution >= 0.6 is 11.6 Å². The predicted octanol–water partition coefficient (Wildman–Crippen LogP) is 2.10. The average molecular weight is 321 g/mol. The molecule has 0 unspecified atom stereocenters. The van der Waals surface area contributed by atoms with Crippen LogP contribution in [0, 0.1) is 11.7 Å². The molecule has 1 aliphatic heterocycles. The second-order valence-electron chi connectivity index (χ2n) is 5.05. The van der Waals surface area contributed by atoms with Gasteiger partial charge in [0.1, 0.15) is 10.7 Å². The van der Waals surface area contributed by atoms with Crippen LogP contribution in [0.4, 0.5) is 4.39 Å². The first-order valence-electron chi connectivity index (χ1n) is 6.53. The maximum Gasteiger partial charge on any atom is 0.245 e. The topological polar surface area (TPSA) is 49.4 Å². The van der Waals surface area contributed by atoms with Gasteiger partial charge in [-0.3, -0.25) is 0 Å². The predicted molar refractivity (Wildman–Crippen MR) is 76.8 cm³/mol. The molecule has 20 heavy (non-hydrogen) atoms. The van der Waals surface area contributed by atoms with Gasteiger partial charge in [-0.2, -0.15) is 0 Å². The second-order valence-corrected chi connectivity index (χ2v) is 7.50. The fourth-order valence-electron chi connectivity index (χ4n) is 2.38. The maximum atomic E-state index is 13.8. The molecule has 0 saturated carbocycles. The summed E-state index contributed by atoms with van der Waals surface area (Å²) in [5.41, 5.74) is 0. The van der Waals surface area contributed by atoms with Crippen molar-refractivity contribution in [2.24, 2.45) is 5.92 Å². The first-order chi connectivity index (χ1) is 9.41. The van der Waals surface area contributed by atoms with E-state index in [1.54, 1.807) is 0 Å². The number of piperidine rings is 1. The van der Waals surface area contributed by atoms with Crippen LogP contribution < -0.4 is 5.32 Å². The van der Waals surface area contributed by atoms with Crippen LogP contribution in [0.5, 0.6) is 0 Å². The Balaban J connectivity index is 2.16. The molecule has 0 radical (unpaired) electrons. The Morgan fingerprint density at radius 1 is 1.40 bits per heavy atom. The van der Waals surface area contributed by atoms with Crippen LogP contribution in [0.2, 0.25) is 5.02 Å². The van der Waals surface area contributed by atoms with E-state index in [2.05, 4.69) is 5.32 Å². The van der Waals surface area contributed by atoms with Crippen molar-refractivity contribution < 1.29 is 12.8 Å². The molecule has 1 saturated heterocycles. The monoisotopic (exact) mass is 320 g/mol. The van der Waals surface area contributed by atoms with E-state index in [9.17, 15) is 12.8 Å². The highest BCUT2D eigenvalue weighted by molar-refractivity contribution is 7.89. The molecular weight excluding hydrogens is 303 g/mol. The van der Waals surface area contributed by atoms with Gasteiger partial charge in [-0.05, 0) is 50.0 Å². The lowest BCUT2D eigenvalue weighted by Crippen LogP contribution is -2.37. The molecule has 0 spiro atoms. The smallest absolute Gasteiger partial charge is 0.245 e. The van der Waals surface area contributed by atoms with E-state index < -0.39 is 15.8 Å². The third kappa shape index (κ3) is 3.49. The number of hydrogen-bond acceptors (Lipinski definition) is 3. The fraction of sp³-hybridized carbons (Fsp3) is 0.538. The van der Waals surface area contributed by atoms with Crippen LogP contribution in [-0.4, -0.2) is 39.4 Å². The summed E-state index contributed by atoms with van der Waals surface area (Å²) in [7, 11) is -2.32. The molecule has 0 atom stereocenters. The van der Waals surface area contributed by atoms with Gasteiger partial charge in [0.2, 0.25) is 10.0 Å². The summed E-state index contributed by atoms with van der Waals surface area (Å²) in [5, 5.41) is 3.41. The molecule has 1 fully saturated rings. The van der Waals surface area contributed by atoms with E-state index in [0.717, 1.165) is 32.0 Å². The summed E-state index contributed by atoms with van der Waals surface area (Å²) in [6, 6.07) is 3.62. The highest BCUT2D eigenvalue weighted by Crippen LogP contribution is 2.23. The van der Waals surface area contributed by atoms with Crippen molar-refractivity contribution in [2.75, 3.05) is 26.7 Å². The molecule has 4 nitrogen and oxygen atoms in total. The van der Waals surface area contributed by atoms with Crippen LogP contribution in [-0.2, 0) is 10.0 Å². The molecule has 1 N–H and O–H groups in total. The van der Waals surface area contributed by atoms with Crippen LogP contribution in [0.1, 0.15) is 12.8 Å². The lowest BCUT2D eigenvalue weighted by Gasteiger charge is -2.27. The van der Waals surface area contributed by atoms with Crippen molar-refractivity contribution in [3.63, 3.8) is 0 Å². The highest BCUT2D eigenvalue weighted by atomic mass is 35.5. The van der Waals surface area contributed by atoms with E-state index in [1.165, 1.54) is 23.5 Å². The molecule has 0 amide bonds. The lowest BCUT2D eigenvalue weighted by atomic mass is 9.98. The third-order valence-electron chi connectivity index (χ3n) is 3.56. The summed E-state index contributed by atoms with van der Waals surface area (Å²) in [6.07, 6.45) is 1.87. The minimum atomic E-state index is -3.81. The van der Waals surface area contributed by atoms with Crippen molar-refractivity contribution in [1.82, 2.24) is 9.62 Å². The number of nitrogens with one attached hydrogen (secondary N) is 1. The summed E-state index contributed by atoms with van der Waals surface area (Å²) in [6.45, 7) is 2.20. The molecular formula is C13H18ClFN2O2S. The molecule has 0 aromatic heterocycles. The summed E-state index contributed by atoms with van der Waals surface area (Å²) < 4.78 is 39.7. The number of nitrogens with zero attached hydrogens (tertiary/aromatic N) is 1. The Labute approximate surface area is 124 Å². The second kappa shape index (κ2) is 6.39. The van der Waals surface area contributed by atoms with Gasteiger partial charge < -0.3 is 5.32 Å². The Bertz CT molecular complexity index is 574. The summed E-state index contributed by atoms with van der Waals surface area (Å²) in [5.74, 6) is -0.499. The van der Waals surface area contributed by atoms with Gasteiger partial charge in [0.15, 0.2) is 0 Å². The van der Waals surface area contributed by atoms with Gasteiger partial charge in [0, 0.05) is 18.6 Å². The molecule has 112 valence electrons. The maximum absolute atomic E-state index is 13.8. The van der Waals surface area contributed by atoms with Crippen LogP contribution in [0.15, 0.2) is 23.1 Å². The molecule has 1 aliphatic rings.